The Kier molecular flexibility index (Phi) is 6.09. The van der Waals surface area contributed by atoms with E-state index in [4.69, 9.17) is 0 Å². The largest absolute Gasteiger partial charge is 0.314 e. The summed E-state index contributed by atoms with van der Waals surface area (Å²) in [7, 11) is 0. The Labute approximate surface area is 99.5 Å². The van der Waals surface area contributed by atoms with E-state index in [2.05, 4.69) is 37.1 Å². The van der Waals surface area contributed by atoms with E-state index in [9.17, 15) is 0 Å². The second-order valence-electron chi connectivity index (χ2n) is 4.55. The van der Waals surface area contributed by atoms with Gasteiger partial charge in [-0.3, -0.25) is 4.98 Å². The Balaban J connectivity index is 2.23. The monoisotopic (exact) mass is 220 g/mol. The number of rotatable bonds is 7. The van der Waals surface area contributed by atoms with Gasteiger partial charge in [0.25, 0.3) is 0 Å². The molecule has 16 heavy (non-hydrogen) atoms. The third-order valence-corrected chi connectivity index (χ3v) is 3.01. The molecule has 0 aliphatic heterocycles. The highest BCUT2D eigenvalue weighted by atomic mass is 14.9. The molecular formula is C14H24N2. The van der Waals surface area contributed by atoms with E-state index >= 15 is 0 Å². The van der Waals surface area contributed by atoms with Crippen LogP contribution in [0.2, 0.25) is 0 Å². The molecule has 0 aliphatic carbocycles. The number of aryl methyl sites for hydroxylation is 1. The van der Waals surface area contributed by atoms with Gasteiger partial charge in [-0.2, -0.15) is 0 Å². The highest BCUT2D eigenvalue weighted by molar-refractivity contribution is 5.21. The van der Waals surface area contributed by atoms with E-state index in [0.717, 1.165) is 13.0 Å². The van der Waals surface area contributed by atoms with Crippen molar-refractivity contribution in [2.75, 3.05) is 6.54 Å². The maximum atomic E-state index is 4.11. The summed E-state index contributed by atoms with van der Waals surface area (Å²) in [5.41, 5.74) is 2.70. The number of hydrogen-bond donors (Lipinski definition) is 1. The van der Waals surface area contributed by atoms with Crippen LogP contribution >= 0.6 is 0 Å². The summed E-state index contributed by atoms with van der Waals surface area (Å²) >= 11 is 0. The van der Waals surface area contributed by atoms with E-state index < -0.39 is 0 Å². The molecule has 1 rings (SSSR count). The quantitative estimate of drug-likeness (QED) is 0.763. The van der Waals surface area contributed by atoms with Crippen molar-refractivity contribution >= 4 is 0 Å². The van der Waals surface area contributed by atoms with Crippen molar-refractivity contribution in [3.05, 3.63) is 29.6 Å². The Hall–Kier alpha value is -0.890. The van der Waals surface area contributed by atoms with Gasteiger partial charge in [-0.15, -0.1) is 0 Å². The standard InChI is InChI=1S/C14H24N2/c1-4-5-6-13(3)16-10-8-14-7-9-15-11-12(14)2/h7,9,11,13,16H,4-6,8,10H2,1-3H3. The second-order valence-corrected chi connectivity index (χ2v) is 4.55. The number of unbranched alkanes of at least 4 members (excludes halogenated alkanes) is 1. The number of pyridine rings is 1. The van der Waals surface area contributed by atoms with Crippen LogP contribution in [0, 0.1) is 6.92 Å². The van der Waals surface area contributed by atoms with E-state index in [1.54, 1.807) is 0 Å². The van der Waals surface area contributed by atoms with Gasteiger partial charge in [-0.25, -0.2) is 0 Å². The molecule has 1 atom stereocenters. The fraction of sp³-hybridized carbons (Fsp3) is 0.643. The van der Waals surface area contributed by atoms with Gasteiger partial charge < -0.3 is 5.32 Å². The molecule has 0 aromatic carbocycles. The SMILES string of the molecule is CCCCC(C)NCCc1ccncc1C. The van der Waals surface area contributed by atoms with Crippen LogP contribution in [-0.2, 0) is 6.42 Å². The van der Waals surface area contributed by atoms with Crippen LogP contribution in [0.5, 0.6) is 0 Å². The van der Waals surface area contributed by atoms with Crippen molar-refractivity contribution in [1.82, 2.24) is 10.3 Å². The molecule has 0 amide bonds. The van der Waals surface area contributed by atoms with Crippen LogP contribution in [0.25, 0.3) is 0 Å². The van der Waals surface area contributed by atoms with Gasteiger partial charge in [0, 0.05) is 18.4 Å². The normalized spacial score (nSPS) is 12.7. The van der Waals surface area contributed by atoms with E-state index in [1.807, 2.05) is 12.4 Å². The topological polar surface area (TPSA) is 24.9 Å². The van der Waals surface area contributed by atoms with Gasteiger partial charge >= 0.3 is 0 Å². The first kappa shape index (κ1) is 13.2. The highest BCUT2D eigenvalue weighted by Gasteiger charge is 2.01. The third kappa shape index (κ3) is 4.75. The summed E-state index contributed by atoms with van der Waals surface area (Å²) in [6, 6.07) is 2.76. The first-order valence-corrected chi connectivity index (χ1v) is 6.37. The van der Waals surface area contributed by atoms with E-state index in [1.165, 1.54) is 30.4 Å². The number of aromatic nitrogens is 1. The fourth-order valence-electron chi connectivity index (χ4n) is 1.85. The molecule has 2 heteroatoms. The molecule has 90 valence electrons. The molecule has 1 heterocycles. The van der Waals surface area contributed by atoms with Gasteiger partial charge in [0.2, 0.25) is 0 Å². The predicted molar refractivity (Wildman–Crippen MR) is 69.7 cm³/mol. The smallest absolute Gasteiger partial charge is 0.0299 e. The summed E-state index contributed by atoms with van der Waals surface area (Å²) in [6.45, 7) is 7.71. The maximum absolute atomic E-state index is 4.11. The molecule has 1 aromatic heterocycles. The van der Waals surface area contributed by atoms with Crippen LogP contribution in [0.1, 0.15) is 44.2 Å². The van der Waals surface area contributed by atoms with Gasteiger partial charge in [0.15, 0.2) is 0 Å². The number of hydrogen-bond acceptors (Lipinski definition) is 2. The zero-order valence-corrected chi connectivity index (χ0v) is 10.8. The first-order chi connectivity index (χ1) is 7.74. The van der Waals surface area contributed by atoms with Crippen LogP contribution in [0.15, 0.2) is 18.5 Å². The highest BCUT2D eigenvalue weighted by Crippen LogP contribution is 2.05. The lowest BCUT2D eigenvalue weighted by Gasteiger charge is -2.13. The minimum Gasteiger partial charge on any atom is -0.314 e. The molecular weight excluding hydrogens is 196 g/mol. The van der Waals surface area contributed by atoms with Crippen molar-refractivity contribution in [2.24, 2.45) is 0 Å². The summed E-state index contributed by atoms with van der Waals surface area (Å²) in [4.78, 5) is 4.11. The Morgan fingerprint density at radius 2 is 2.25 bits per heavy atom. The van der Waals surface area contributed by atoms with Gasteiger partial charge in [-0.1, -0.05) is 19.8 Å². The van der Waals surface area contributed by atoms with Crippen molar-refractivity contribution in [3.8, 4) is 0 Å². The second kappa shape index (κ2) is 7.39. The molecule has 0 radical (unpaired) electrons. The molecule has 2 nitrogen and oxygen atoms in total. The molecule has 0 bridgehead atoms. The van der Waals surface area contributed by atoms with E-state index in [0.29, 0.717) is 6.04 Å². The van der Waals surface area contributed by atoms with Crippen LogP contribution in [-0.4, -0.2) is 17.6 Å². The summed E-state index contributed by atoms with van der Waals surface area (Å²) < 4.78 is 0. The predicted octanol–water partition coefficient (Wildman–Crippen LogP) is 3.10. The molecule has 0 spiro atoms. The molecule has 0 aliphatic rings. The van der Waals surface area contributed by atoms with Crippen molar-refractivity contribution < 1.29 is 0 Å². The average Bonchev–Trinajstić information content (AvgIpc) is 2.29. The molecule has 1 aromatic rings. The van der Waals surface area contributed by atoms with Gasteiger partial charge in [0.05, 0.1) is 0 Å². The zero-order chi connectivity index (χ0) is 11.8. The summed E-state index contributed by atoms with van der Waals surface area (Å²) in [6.07, 6.45) is 8.81. The lowest BCUT2D eigenvalue weighted by molar-refractivity contribution is 0.498. The Morgan fingerprint density at radius 3 is 2.94 bits per heavy atom. The molecule has 1 unspecified atom stereocenters. The fourth-order valence-corrected chi connectivity index (χ4v) is 1.85. The van der Waals surface area contributed by atoms with Crippen LogP contribution < -0.4 is 5.32 Å². The molecule has 1 N–H and O–H groups in total. The van der Waals surface area contributed by atoms with Crippen LogP contribution in [0.3, 0.4) is 0 Å². The average molecular weight is 220 g/mol. The summed E-state index contributed by atoms with van der Waals surface area (Å²) in [5, 5.41) is 3.57. The van der Waals surface area contributed by atoms with E-state index in [-0.39, 0.29) is 0 Å². The zero-order valence-electron chi connectivity index (χ0n) is 10.8. The first-order valence-electron chi connectivity index (χ1n) is 6.37. The maximum Gasteiger partial charge on any atom is 0.0299 e. The third-order valence-electron chi connectivity index (χ3n) is 3.01. The number of nitrogens with one attached hydrogen (secondary N) is 1. The van der Waals surface area contributed by atoms with Gasteiger partial charge in [-0.05, 0) is 50.4 Å². The molecule has 0 fully saturated rings. The van der Waals surface area contributed by atoms with Crippen molar-refractivity contribution in [3.63, 3.8) is 0 Å². The molecule has 0 saturated carbocycles. The number of nitrogens with zero attached hydrogens (tertiary/aromatic N) is 1. The summed E-state index contributed by atoms with van der Waals surface area (Å²) in [5.74, 6) is 0. The Morgan fingerprint density at radius 1 is 1.44 bits per heavy atom. The minimum atomic E-state index is 0.641. The van der Waals surface area contributed by atoms with Gasteiger partial charge in [0.1, 0.15) is 0 Å². The molecule has 0 saturated heterocycles. The van der Waals surface area contributed by atoms with Crippen LogP contribution in [0.4, 0.5) is 0 Å². The lowest BCUT2D eigenvalue weighted by Crippen LogP contribution is -2.28. The lowest BCUT2D eigenvalue weighted by atomic mass is 10.1. The Bertz CT molecular complexity index is 297. The minimum absolute atomic E-state index is 0.641. The van der Waals surface area contributed by atoms with Crippen molar-refractivity contribution in [1.29, 1.82) is 0 Å². The van der Waals surface area contributed by atoms with Crippen molar-refractivity contribution in [2.45, 2.75) is 52.5 Å².